The predicted octanol–water partition coefficient (Wildman–Crippen LogP) is 3.16. The van der Waals surface area contributed by atoms with Crippen LogP contribution in [0.25, 0.3) is 15.9 Å². The SMILES string of the molecule is Cc1sc2nc(SCc3cc(=O)n4[nH]cc(C#N)c4n3)n(C(C)C)c(=O)c2c1C. The van der Waals surface area contributed by atoms with E-state index in [9.17, 15) is 14.9 Å². The number of aromatic nitrogens is 5. The molecule has 0 saturated heterocycles. The van der Waals surface area contributed by atoms with Crippen molar-refractivity contribution in [3.8, 4) is 6.07 Å². The Morgan fingerprint density at radius 1 is 1.31 bits per heavy atom. The van der Waals surface area contributed by atoms with Crippen molar-refractivity contribution in [2.45, 2.75) is 44.6 Å². The normalized spacial score (nSPS) is 11.6. The Kier molecular flexibility index (Phi) is 4.80. The lowest BCUT2D eigenvalue weighted by molar-refractivity contribution is 0.519. The van der Waals surface area contributed by atoms with Crippen LogP contribution < -0.4 is 11.1 Å². The van der Waals surface area contributed by atoms with Crippen molar-refractivity contribution in [3.05, 3.63) is 54.7 Å². The number of hydrogen-bond donors (Lipinski definition) is 1. The molecule has 0 aliphatic carbocycles. The topological polar surface area (TPSA) is 109 Å². The predicted molar refractivity (Wildman–Crippen MR) is 114 cm³/mol. The summed E-state index contributed by atoms with van der Waals surface area (Å²) in [4.78, 5) is 36.4. The molecule has 0 aromatic carbocycles. The van der Waals surface area contributed by atoms with E-state index in [0.717, 1.165) is 15.3 Å². The molecule has 0 radical (unpaired) electrons. The molecular formula is C19H18N6O2S2. The molecule has 0 spiro atoms. The maximum atomic E-state index is 13.1. The summed E-state index contributed by atoms with van der Waals surface area (Å²) >= 11 is 2.87. The van der Waals surface area contributed by atoms with Crippen molar-refractivity contribution in [2.24, 2.45) is 0 Å². The van der Waals surface area contributed by atoms with Crippen molar-refractivity contribution in [2.75, 3.05) is 0 Å². The van der Waals surface area contributed by atoms with Crippen LogP contribution in [0.1, 0.15) is 41.6 Å². The minimum absolute atomic E-state index is 0.0461. The molecule has 4 heterocycles. The Labute approximate surface area is 173 Å². The molecule has 0 amide bonds. The Hall–Kier alpha value is -2.90. The van der Waals surface area contributed by atoms with Gasteiger partial charge in [-0.2, -0.15) is 5.26 Å². The average molecular weight is 427 g/mol. The van der Waals surface area contributed by atoms with Gasteiger partial charge in [-0.1, -0.05) is 11.8 Å². The summed E-state index contributed by atoms with van der Waals surface area (Å²) in [7, 11) is 0. The number of nitrogens with one attached hydrogen (secondary N) is 1. The highest BCUT2D eigenvalue weighted by Gasteiger charge is 2.19. The molecular weight excluding hydrogens is 408 g/mol. The summed E-state index contributed by atoms with van der Waals surface area (Å²) in [6.45, 7) is 7.83. The third kappa shape index (κ3) is 3.16. The first-order chi connectivity index (χ1) is 13.8. The van der Waals surface area contributed by atoms with Gasteiger partial charge in [-0.3, -0.25) is 19.3 Å². The van der Waals surface area contributed by atoms with Gasteiger partial charge in [0.2, 0.25) is 0 Å². The Balaban J connectivity index is 1.78. The van der Waals surface area contributed by atoms with Crippen LogP contribution in [0.15, 0.2) is 27.0 Å². The lowest BCUT2D eigenvalue weighted by Crippen LogP contribution is -2.25. The third-order valence-corrected chi connectivity index (χ3v) is 6.83. The molecule has 8 nitrogen and oxygen atoms in total. The Morgan fingerprint density at radius 2 is 2.07 bits per heavy atom. The van der Waals surface area contributed by atoms with Crippen LogP contribution in [0.3, 0.4) is 0 Å². The van der Waals surface area contributed by atoms with Crippen molar-refractivity contribution >= 4 is 39.0 Å². The van der Waals surface area contributed by atoms with Crippen LogP contribution in [0, 0.1) is 25.2 Å². The van der Waals surface area contributed by atoms with Gasteiger partial charge in [-0.15, -0.1) is 11.3 Å². The zero-order chi connectivity index (χ0) is 20.9. The number of nitriles is 1. The fraction of sp³-hybridized carbons (Fsp3) is 0.316. The number of fused-ring (bicyclic) bond motifs is 2. The lowest BCUT2D eigenvalue weighted by Gasteiger charge is -2.15. The fourth-order valence-corrected chi connectivity index (χ4v) is 5.26. The Bertz CT molecular complexity index is 1420. The van der Waals surface area contributed by atoms with E-state index in [1.165, 1.54) is 39.9 Å². The highest BCUT2D eigenvalue weighted by atomic mass is 32.2. The second kappa shape index (κ2) is 7.17. The number of thiophene rings is 1. The first kappa shape index (κ1) is 19.4. The summed E-state index contributed by atoms with van der Waals surface area (Å²) in [5.41, 5.74) is 1.77. The summed E-state index contributed by atoms with van der Waals surface area (Å²) in [5, 5.41) is 13.2. The second-order valence-electron chi connectivity index (χ2n) is 6.96. The van der Waals surface area contributed by atoms with E-state index in [2.05, 4.69) is 10.1 Å². The molecule has 4 aromatic heterocycles. The van der Waals surface area contributed by atoms with Gasteiger partial charge in [0.25, 0.3) is 11.1 Å². The quantitative estimate of drug-likeness (QED) is 0.397. The second-order valence-corrected chi connectivity index (χ2v) is 9.10. The number of rotatable bonds is 4. The highest BCUT2D eigenvalue weighted by Crippen LogP contribution is 2.30. The van der Waals surface area contributed by atoms with Gasteiger partial charge in [-0.25, -0.2) is 14.5 Å². The van der Waals surface area contributed by atoms with E-state index >= 15 is 0 Å². The standard InChI is InChI=1S/C19H18N6O2S2/c1-9(2)24-18(27)15-10(3)11(4)29-17(15)23-19(24)28-8-13-5-14(26)25-16(22-13)12(6-20)7-21-25/h5,7,9,21H,8H2,1-4H3. The van der Waals surface area contributed by atoms with Crippen LogP contribution in [-0.4, -0.2) is 24.1 Å². The largest absolute Gasteiger partial charge is 0.295 e. The molecule has 0 bridgehead atoms. The maximum absolute atomic E-state index is 13.1. The Morgan fingerprint density at radius 3 is 2.76 bits per heavy atom. The highest BCUT2D eigenvalue weighted by molar-refractivity contribution is 7.98. The molecule has 29 heavy (non-hydrogen) atoms. The van der Waals surface area contributed by atoms with Crippen LogP contribution in [0.5, 0.6) is 0 Å². The van der Waals surface area contributed by atoms with E-state index in [4.69, 9.17) is 4.98 Å². The number of aryl methyl sites for hydroxylation is 2. The first-order valence-electron chi connectivity index (χ1n) is 8.97. The van der Waals surface area contributed by atoms with E-state index in [1.54, 1.807) is 4.57 Å². The molecule has 4 rings (SSSR count). The molecule has 1 N–H and O–H groups in total. The molecule has 0 saturated carbocycles. The van der Waals surface area contributed by atoms with E-state index in [0.29, 0.717) is 33.2 Å². The fourth-order valence-electron chi connectivity index (χ4n) is 3.17. The molecule has 10 heteroatoms. The molecule has 0 fully saturated rings. The van der Waals surface area contributed by atoms with Gasteiger partial charge < -0.3 is 0 Å². The number of hydrogen-bond acceptors (Lipinski definition) is 7. The van der Waals surface area contributed by atoms with Gasteiger partial charge in [0.05, 0.1) is 11.1 Å². The van der Waals surface area contributed by atoms with Crippen LogP contribution >= 0.6 is 23.1 Å². The van der Waals surface area contributed by atoms with Crippen molar-refractivity contribution in [3.63, 3.8) is 0 Å². The van der Waals surface area contributed by atoms with Gasteiger partial charge in [-0.05, 0) is 33.3 Å². The number of aromatic amines is 1. The third-order valence-electron chi connectivity index (χ3n) is 4.74. The summed E-state index contributed by atoms with van der Waals surface area (Å²) in [6, 6.07) is 3.39. The number of thioether (sulfide) groups is 1. The van der Waals surface area contributed by atoms with E-state index in [-0.39, 0.29) is 17.2 Å². The van der Waals surface area contributed by atoms with Crippen LogP contribution in [-0.2, 0) is 5.75 Å². The monoisotopic (exact) mass is 426 g/mol. The summed E-state index contributed by atoms with van der Waals surface area (Å²) < 4.78 is 2.92. The molecule has 4 aromatic rings. The lowest BCUT2D eigenvalue weighted by atomic mass is 10.2. The van der Waals surface area contributed by atoms with Gasteiger partial charge >= 0.3 is 0 Å². The van der Waals surface area contributed by atoms with Gasteiger partial charge in [0.1, 0.15) is 16.5 Å². The minimum Gasteiger partial charge on any atom is -0.295 e. The van der Waals surface area contributed by atoms with Crippen LogP contribution in [0.2, 0.25) is 0 Å². The van der Waals surface area contributed by atoms with Crippen LogP contribution in [0.4, 0.5) is 0 Å². The smallest absolute Gasteiger partial charge is 0.272 e. The number of H-pyrrole nitrogens is 1. The van der Waals surface area contributed by atoms with E-state index < -0.39 is 0 Å². The van der Waals surface area contributed by atoms with E-state index in [1.807, 2.05) is 33.8 Å². The van der Waals surface area contributed by atoms with Crippen molar-refractivity contribution in [1.82, 2.24) is 24.1 Å². The molecule has 0 atom stereocenters. The zero-order valence-electron chi connectivity index (χ0n) is 16.3. The van der Waals surface area contributed by atoms with Gasteiger partial charge in [0.15, 0.2) is 10.8 Å². The van der Waals surface area contributed by atoms with Gasteiger partial charge in [0, 0.05) is 28.9 Å². The summed E-state index contributed by atoms with van der Waals surface area (Å²) in [6.07, 6.45) is 1.45. The van der Waals surface area contributed by atoms with Crippen molar-refractivity contribution < 1.29 is 0 Å². The first-order valence-corrected chi connectivity index (χ1v) is 10.8. The minimum atomic E-state index is -0.290. The van der Waals surface area contributed by atoms with Crippen molar-refractivity contribution in [1.29, 1.82) is 5.26 Å². The zero-order valence-corrected chi connectivity index (χ0v) is 17.9. The molecule has 0 aliphatic heterocycles. The average Bonchev–Trinajstić information content (AvgIpc) is 3.20. The summed E-state index contributed by atoms with van der Waals surface area (Å²) in [5.74, 6) is 0.357. The maximum Gasteiger partial charge on any atom is 0.272 e. The molecule has 0 unspecified atom stereocenters. The molecule has 0 aliphatic rings. The number of nitrogens with zero attached hydrogens (tertiary/aromatic N) is 5. The molecule has 148 valence electrons.